The molecule has 0 spiro atoms. The largest absolute Gasteiger partial charge is 0.399 e. The summed E-state index contributed by atoms with van der Waals surface area (Å²) in [6.07, 6.45) is 2.46. The van der Waals surface area contributed by atoms with Gasteiger partial charge in [-0.3, -0.25) is 10.1 Å². The summed E-state index contributed by atoms with van der Waals surface area (Å²) in [7, 11) is -3.98. The second-order valence-electron chi connectivity index (χ2n) is 4.81. The predicted molar refractivity (Wildman–Crippen MR) is 76.3 cm³/mol. The molecule has 1 aliphatic rings. The molecule has 1 fully saturated rings. The Bertz CT molecular complexity index is 626. The molecule has 3 N–H and O–H groups in total. The van der Waals surface area contributed by atoms with Crippen molar-refractivity contribution in [3.63, 3.8) is 0 Å². The summed E-state index contributed by atoms with van der Waals surface area (Å²) >= 11 is 0. The Hall–Kier alpha value is -1.71. The van der Waals surface area contributed by atoms with Crippen LogP contribution in [0.25, 0.3) is 0 Å². The van der Waals surface area contributed by atoms with Gasteiger partial charge in [-0.15, -0.1) is 0 Å². The Morgan fingerprint density at radius 2 is 2.24 bits per heavy atom. The molecule has 0 radical (unpaired) electrons. The summed E-state index contributed by atoms with van der Waals surface area (Å²) in [6.45, 7) is 0.858. The minimum absolute atomic E-state index is 0.0449. The van der Waals surface area contributed by atoms with Gasteiger partial charge < -0.3 is 10.5 Å². The lowest BCUT2D eigenvalue weighted by Gasteiger charge is -2.11. The molecule has 0 amide bonds. The Kier molecular flexibility index (Phi) is 4.76. The smallest absolute Gasteiger partial charge is 0.289 e. The average Bonchev–Trinajstić information content (AvgIpc) is 2.91. The van der Waals surface area contributed by atoms with Gasteiger partial charge in [0.1, 0.15) is 0 Å². The maximum Gasteiger partial charge on any atom is 0.289 e. The van der Waals surface area contributed by atoms with Crippen LogP contribution in [-0.2, 0) is 14.8 Å². The van der Waals surface area contributed by atoms with Gasteiger partial charge in [-0.2, -0.15) is 0 Å². The van der Waals surface area contributed by atoms with Crippen LogP contribution in [0.1, 0.15) is 19.3 Å². The number of anilines is 1. The molecule has 2 rings (SSSR count). The highest BCUT2D eigenvalue weighted by atomic mass is 32.2. The molecule has 0 bridgehead atoms. The molecule has 1 unspecified atom stereocenters. The lowest BCUT2D eigenvalue weighted by atomic mass is 10.2. The molecule has 1 aliphatic heterocycles. The molecule has 1 aromatic carbocycles. The fourth-order valence-electron chi connectivity index (χ4n) is 2.20. The quantitative estimate of drug-likeness (QED) is 0.459. The number of nitro benzene ring substituents is 1. The van der Waals surface area contributed by atoms with Crippen LogP contribution < -0.4 is 10.5 Å². The first kappa shape index (κ1) is 15.7. The van der Waals surface area contributed by atoms with Crippen LogP contribution in [-0.4, -0.2) is 32.6 Å². The first-order valence-corrected chi connectivity index (χ1v) is 8.03. The first-order chi connectivity index (χ1) is 9.90. The van der Waals surface area contributed by atoms with Crippen LogP contribution in [0.3, 0.4) is 0 Å². The van der Waals surface area contributed by atoms with E-state index in [1.165, 1.54) is 6.07 Å². The lowest BCUT2D eigenvalue weighted by Crippen LogP contribution is -2.28. The molecule has 0 saturated carbocycles. The molecular weight excluding hydrogens is 298 g/mol. The van der Waals surface area contributed by atoms with Crippen LogP contribution in [0, 0.1) is 10.1 Å². The summed E-state index contributed by atoms with van der Waals surface area (Å²) in [5, 5.41) is 10.9. The number of nitrogens with one attached hydrogen (secondary N) is 1. The summed E-state index contributed by atoms with van der Waals surface area (Å²) in [5.74, 6) is 0. The molecule has 21 heavy (non-hydrogen) atoms. The summed E-state index contributed by atoms with van der Waals surface area (Å²) in [6, 6.07) is 3.47. The van der Waals surface area contributed by atoms with E-state index in [1.54, 1.807) is 0 Å². The van der Waals surface area contributed by atoms with Gasteiger partial charge in [0.05, 0.1) is 11.0 Å². The van der Waals surface area contributed by atoms with Crippen molar-refractivity contribution in [3.05, 3.63) is 28.3 Å². The van der Waals surface area contributed by atoms with E-state index >= 15 is 0 Å². The Balaban J connectivity index is 2.11. The monoisotopic (exact) mass is 315 g/mol. The Morgan fingerprint density at radius 1 is 1.48 bits per heavy atom. The van der Waals surface area contributed by atoms with Gasteiger partial charge in [-0.1, -0.05) is 0 Å². The highest BCUT2D eigenvalue weighted by Gasteiger charge is 2.26. The second kappa shape index (κ2) is 6.37. The molecule has 9 heteroatoms. The van der Waals surface area contributed by atoms with E-state index in [0.717, 1.165) is 25.0 Å². The van der Waals surface area contributed by atoms with Crippen LogP contribution in [0.15, 0.2) is 23.1 Å². The Labute approximate surface area is 122 Å². The van der Waals surface area contributed by atoms with E-state index < -0.39 is 25.5 Å². The maximum absolute atomic E-state index is 12.2. The summed E-state index contributed by atoms with van der Waals surface area (Å²) < 4.78 is 32.1. The highest BCUT2D eigenvalue weighted by Crippen LogP contribution is 2.25. The third kappa shape index (κ3) is 3.90. The molecule has 1 atom stereocenters. The van der Waals surface area contributed by atoms with Crippen molar-refractivity contribution in [1.29, 1.82) is 0 Å². The van der Waals surface area contributed by atoms with Crippen LogP contribution in [0.4, 0.5) is 11.4 Å². The summed E-state index contributed by atoms with van der Waals surface area (Å²) in [4.78, 5) is 9.76. The van der Waals surface area contributed by atoms with E-state index in [9.17, 15) is 18.5 Å². The van der Waals surface area contributed by atoms with Gasteiger partial charge in [0, 0.05) is 24.9 Å². The van der Waals surface area contributed by atoms with Gasteiger partial charge in [-0.25, -0.2) is 13.1 Å². The molecule has 0 aliphatic carbocycles. The fraction of sp³-hybridized carbons (Fsp3) is 0.500. The SMILES string of the molecule is Nc1ccc([N+](=O)[O-])c(S(=O)(=O)NCCC2CCCO2)c1. The molecule has 116 valence electrons. The van der Waals surface area contributed by atoms with Gasteiger partial charge in [-0.05, 0) is 31.4 Å². The number of rotatable bonds is 6. The molecule has 1 heterocycles. The van der Waals surface area contributed by atoms with Crippen molar-refractivity contribution in [1.82, 2.24) is 4.72 Å². The molecule has 0 aromatic heterocycles. The zero-order valence-electron chi connectivity index (χ0n) is 11.3. The summed E-state index contributed by atoms with van der Waals surface area (Å²) in [5.41, 5.74) is 5.18. The highest BCUT2D eigenvalue weighted by molar-refractivity contribution is 7.89. The average molecular weight is 315 g/mol. The van der Waals surface area contributed by atoms with Crippen molar-refractivity contribution in [3.8, 4) is 0 Å². The van der Waals surface area contributed by atoms with Crippen LogP contribution >= 0.6 is 0 Å². The number of nitro groups is 1. The van der Waals surface area contributed by atoms with Gasteiger partial charge >= 0.3 is 0 Å². The number of hydrogen-bond donors (Lipinski definition) is 2. The first-order valence-electron chi connectivity index (χ1n) is 6.55. The molecule has 1 aromatic rings. The number of sulfonamides is 1. The van der Waals surface area contributed by atoms with Gasteiger partial charge in [0.15, 0.2) is 4.90 Å². The number of nitrogen functional groups attached to an aromatic ring is 1. The van der Waals surface area contributed by atoms with E-state index in [-0.39, 0.29) is 18.3 Å². The number of ether oxygens (including phenoxy) is 1. The topological polar surface area (TPSA) is 125 Å². The maximum atomic E-state index is 12.2. The third-order valence-corrected chi connectivity index (χ3v) is 4.74. The minimum Gasteiger partial charge on any atom is -0.399 e. The lowest BCUT2D eigenvalue weighted by molar-refractivity contribution is -0.387. The number of nitrogens with zero attached hydrogens (tertiary/aromatic N) is 1. The van der Waals surface area contributed by atoms with Crippen molar-refractivity contribution >= 4 is 21.4 Å². The van der Waals surface area contributed by atoms with E-state index in [1.807, 2.05) is 0 Å². The minimum atomic E-state index is -3.98. The standard InChI is InChI=1S/C12H17N3O5S/c13-9-3-4-11(15(16)17)12(8-9)21(18,19)14-6-5-10-2-1-7-20-10/h3-4,8,10,14H,1-2,5-7,13H2. The second-order valence-corrected chi connectivity index (χ2v) is 6.54. The van der Waals surface area contributed by atoms with E-state index in [4.69, 9.17) is 10.5 Å². The van der Waals surface area contributed by atoms with Crippen LogP contribution in [0.2, 0.25) is 0 Å². The van der Waals surface area contributed by atoms with E-state index in [0.29, 0.717) is 13.0 Å². The molecular formula is C12H17N3O5S. The van der Waals surface area contributed by atoms with Crippen molar-refractivity contribution in [2.24, 2.45) is 0 Å². The van der Waals surface area contributed by atoms with Crippen molar-refractivity contribution in [2.75, 3.05) is 18.9 Å². The predicted octanol–water partition coefficient (Wildman–Crippen LogP) is 1.02. The zero-order valence-corrected chi connectivity index (χ0v) is 12.1. The van der Waals surface area contributed by atoms with Crippen molar-refractivity contribution < 1.29 is 18.1 Å². The third-order valence-electron chi connectivity index (χ3n) is 3.25. The van der Waals surface area contributed by atoms with Crippen molar-refractivity contribution in [2.45, 2.75) is 30.3 Å². The van der Waals surface area contributed by atoms with Gasteiger partial charge in [0.2, 0.25) is 10.0 Å². The van der Waals surface area contributed by atoms with E-state index in [2.05, 4.69) is 4.72 Å². The number of benzene rings is 1. The molecule has 8 nitrogen and oxygen atoms in total. The fourth-order valence-corrected chi connectivity index (χ4v) is 3.45. The zero-order chi connectivity index (χ0) is 15.5. The molecule has 1 saturated heterocycles. The number of nitrogens with two attached hydrogens (primary N) is 1. The number of hydrogen-bond acceptors (Lipinski definition) is 6. The van der Waals surface area contributed by atoms with Gasteiger partial charge in [0.25, 0.3) is 5.69 Å². The Morgan fingerprint density at radius 3 is 2.86 bits per heavy atom. The normalized spacial score (nSPS) is 18.8. The van der Waals surface area contributed by atoms with Crippen LogP contribution in [0.5, 0.6) is 0 Å².